The van der Waals surface area contributed by atoms with Crippen LogP contribution in [0.3, 0.4) is 0 Å². The molecule has 3 heterocycles. The number of carbonyl (C=O) groups excluding carboxylic acids is 1. The van der Waals surface area contributed by atoms with Crippen molar-refractivity contribution in [3.63, 3.8) is 0 Å². The van der Waals surface area contributed by atoms with Gasteiger partial charge in [0.15, 0.2) is 5.65 Å². The summed E-state index contributed by atoms with van der Waals surface area (Å²) >= 11 is 0. The summed E-state index contributed by atoms with van der Waals surface area (Å²) in [6.07, 6.45) is 7.31. The molecule has 7 heteroatoms. The van der Waals surface area contributed by atoms with E-state index in [-0.39, 0.29) is 5.92 Å². The zero-order chi connectivity index (χ0) is 20.1. The lowest BCUT2D eigenvalue weighted by Crippen LogP contribution is -2.36. The van der Waals surface area contributed by atoms with Gasteiger partial charge in [-0.2, -0.15) is 5.10 Å². The molecule has 0 unspecified atom stereocenters. The van der Waals surface area contributed by atoms with Gasteiger partial charge in [-0.3, -0.25) is 4.79 Å². The topological polar surface area (TPSA) is 67.2 Å². The molecule has 3 fully saturated rings. The Kier molecular flexibility index (Phi) is 4.21. The van der Waals surface area contributed by atoms with E-state index in [9.17, 15) is 4.79 Å². The van der Waals surface area contributed by atoms with Gasteiger partial charge in [-0.25, -0.2) is 14.6 Å². The summed E-state index contributed by atoms with van der Waals surface area (Å²) in [5.41, 5.74) is 1.89. The fourth-order valence-electron chi connectivity index (χ4n) is 4.37. The zero-order valence-electron chi connectivity index (χ0n) is 17.1. The number of aromatic nitrogens is 4. The maximum atomic E-state index is 12.5. The number of amides is 1. The molecule has 1 amide bonds. The van der Waals surface area contributed by atoms with Crippen molar-refractivity contribution in [3.8, 4) is 5.69 Å². The predicted octanol–water partition coefficient (Wildman–Crippen LogP) is 3.14. The van der Waals surface area contributed by atoms with Gasteiger partial charge in [-0.1, -0.05) is 18.2 Å². The first-order valence-electron chi connectivity index (χ1n) is 11.1. The van der Waals surface area contributed by atoms with E-state index in [2.05, 4.69) is 27.0 Å². The van der Waals surface area contributed by atoms with Crippen LogP contribution in [0.2, 0.25) is 0 Å². The minimum Gasteiger partial charge on any atom is -0.354 e. The van der Waals surface area contributed by atoms with Gasteiger partial charge in [-0.15, -0.1) is 0 Å². The van der Waals surface area contributed by atoms with E-state index in [4.69, 9.17) is 9.97 Å². The number of fused-ring (bicyclic) bond motifs is 1. The van der Waals surface area contributed by atoms with Crippen LogP contribution in [0.4, 0.5) is 5.82 Å². The van der Waals surface area contributed by atoms with Crippen LogP contribution < -0.4 is 4.90 Å². The molecule has 3 aliphatic rings. The Morgan fingerprint density at radius 3 is 2.53 bits per heavy atom. The molecule has 30 heavy (non-hydrogen) atoms. The van der Waals surface area contributed by atoms with E-state index in [1.165, 1.54) is 0 Å². The summed E-state index contributed by atoms with van der Waals surface area (Å²) in [4.78, 5) is 26.9. The first-order chi connectivity index (χ1) is 14.8. The molecule has 1 saturated heterocycles. The maximum Gasteiger partial charge on any atom is 0.225 e. The highest BCUT2D eigenvalue weighted by Crippen LogP contribution is 2.40. The number of para-hydroxylation sites is 1. The quantitative estimate of drug-likeness (QED) is 0.671. The first kappa shape index (κ1) is 17.9. The van der Waals surface area contributed by atoms with Crippen LogP contribution in [0.15, 0.2) is 36.5 Å². The Morgan fingerprint density at radius 1 is 0.933 bits per heavy atom. The molecule has 7 nitrogen and oxygen atoms in total. The highest BCUT2D eigenvalue weighted by atomic mass is 16.2. The fraction of sp³-hybridized carbons (Fsp3) is 0.478. The minimum atomic E-state index is 0.285. The number of nitrogens with zero attached hydrogens (tertiary/aromatic N) is 6. The average molecular weight is 403 g/mol. The molecule has 0 radical (unpaired) electrons. The maximum absolute atomic E-state index is 12.5. The molecule has 6 rings (SSSR count). The molecule has 154 valence electrons. The third kappa shape index (κ3) is 3.22. The Hall–Kier alpha value is -2.96. The van der Waals surface area contributed by atoms with E-state index >= 15 is 0 Å². The van der Waals surface area contributed by atoms with Gasteiger partial charge in [0.1, 0.15) is 11.6 Å². The van der Waals surface area contributed by atoms with E-state index < -0.39 is 0 Å². The minimum absolute atomic E-state index is 0.285. The zero-order valence-corrected chi connectivity index (χ0v) is 17.1. The molecule has 2 aliphatic carbocycles. The molecule has 0 N–H and O–H groups in total. The molecular formula is C23H26N6O. The molecule has 1 aliphatic heterocycles. The van der Waals surface area contributed by atoms with Crippen molar-refractivity contribution in [2.75, 3.05) is 31.1 Å². The highest BCUT2D eigenvalue weighted by molar-refractivity contribution is 5.88. The number of rotatable bonds is 4. The number of hydrogen-bond acceptors (Lipinski definition) is 5. The van der Waals surface area contributed by atoms with Crippen LogP contribution in [-0.2, 0) is 4.79 Å². The van der Waals surface area contributed by atoms with Crippen molar-refractivity contribution in [2.24, 2.45) is 5.92 Å². The molecule has 0 atom stereocenters. The average Bonchev–Trinajstić information content (AvgIpc) is 3.68. The summed E-state index contributed by atoms with van der Waals surface area (Å²) in [6, 6.07) is 10.2. The second-order valence-corrected chi connectivity index (χ2v) is 8.75. The van der Waals surface area contributed by atoms with Crippen molar-refractivity contribution in [2.45, 2.75) is 38.0 Å². The number of hydrogen-bond donors (Lipinski definition) is 0. The Labute approximate surface area is 175 Å². The second-order valence-electron chi connectivity index (χ2n) is 8.75. The van der Waals surface area contributed by atoms with E-state index in [1.807, 2.05) is 29.1 Å². The molecule has 3 aromatic rings. The summed E-state index contributed by atoms with van der Waals surface area (Å²) in [5.74, 6) is 3.01. The van der Waals surface area contributed by atoms with Crippen LogP contribution in [0.25, 0.3) is 16.7 Å². The lowest BCUT2D eigenvalue weighted by atomic mass is 10.3. The summed E-state index contributed by atoms with van der Waals surface area (Å²) in [6.45, 7) is 3.33. The lowest BCUT2D eigenvalue weighted by Gasteiger charge is -2.23. The van der Waals surface area contributed by atoms with Gasteiger partial charge in [0.05, 0.1) is 17.3 Å². The van der Waals surface area contributed by atoms with Crippen LogP contribution in [0.5, 0.6) is 0 Å². The smallest absolute Gasteiger partial charge is 0.225 e. The monoisotopic (exact) mass is 402 g/mol. The van der Waals surface area contributed by atoms with Gasteiger partial charge >= 0.3 is 0 Å². The lowest BCUT2D eigenvalue weighted by molar-refractivity contribution is -0.132. The Balaban J connectivity index is 1.37. The van der Waals surface area contributed by atoms with Gasteiger partial charge in [0.2, 0.25) is 5.91 Å². The van der Waals surface area contributed by atoms with Gasteiger partial charge in [0.25, 0.3) is 0 Å². The molecule has 0 bridgehead atoms. The highest BCUT2D eigenvalue weighted by Gasteiger charge is 2.34. The Bertz CT molecular complexity index is 1090. The number of benzene rings is 1. The van der Waals surface area contributed by atoms with Crippen LogP contribution in [0.1, 0.15) is 43.8 Å². The number of carbonyl (C=O) groups is 1. The standard InChI is InChI=1S/C23H26N6O/c30-23(17-9-10-17)28-12-4-11-27(13-14-28)21-19-15-24-29(18-5-2-1-3-6-18)22(19)26-20(25-21)16-7-8-16/h1-3,5-6,15-17H,4,7-14H2. The predicted molar refractivity (Wildman–Crippen MR) is 115 cm³/mol. The van der Waals surface area contributed by atoms with E-state index in [0.717, 1.165) is 86.6 Å². The van der Waals surface area contributed by atoms with Crippen molar-refractivity contribution in [3.05, 3.63) is 42.4 Å². The third-order valence-corrected chi connectivity index (χ3v) is 6.40. The number of anilines is 1. The van der Waals surface area contributed by atoms with Gasteiger partial charge < -0.3 is 9.80 Å². The van der Waals surface area contributed by atoms with Crippen molar-refractivity contribution < 1.29 is 4.79 Å². The molecule has 2 saturated carbocycles. The SMILES string of the molecule is O=C(C1CC1)N1CCCN(c2nc(C3CC3)nc3c2cnn3-c2ccccc2)CC1. The summed E-state index contributed by atoms with van der Waals surface area (Å²) < 4.78 is 1.92. The van der Waals surface area contributed by atoms with E-state index in [0.29, 0.717) is 11.8 Å². The Morgan fingerprint density at radius 2 is 1.77 bits per heavy atom. The second kappa shape index (κ2) is 7.07. The normalized spacial score (nSPS) is 19.9. The van der Waals surface area contributed by atoms with Crippen molar-refractivity contribution in [1.29, 1.82) is 0 Å². The van der Waals surface area contributed by atoms with Crippen molar-refractivity contribution >= 4 is 22.8 Å². The van der Waals surface area contributed by atoms with Crippen molar-refractivity contribution in [1.82, 2.24) is 24.6 Å². The molecule has 0 spiro atoms. The largest absolute Gasteiger partial charge is 0.354 e. The first-order valence-corrected chi connectivity index (χ1v) is 11.1. The van der Waals surface area contributed by atoms with Crippen LogP contribution in [-0.4, -0.2) is 56.7 Å². The third-order valence-electron chi connectivity index (χ3n) is 6.40. The van der Waals surface area contributed by atoms with Gasteiger partial charge in [-0.05, 0) is 44.2 Å². The van der Waals surface area contributed by atoms with Gasteiger partial charge in [0, 0.05) is 38.0 Å². The van der Waals surface area contributed by atoms with Crippen LogP contribution in [0, 0.1) is 5.92 Å². The molecule has 2 aromatic heterocycles. The summed E-state index contributed by atoms with van der Waals surface area (Å²) in [5, 5.41) is 5.65. The molecule has 1 aromatic carbocycles. The van der Waals surface area contributed by atoms with E-state index in [1.54, 1.807) is 0 Å². The summed E-state index contributed by atoms with van der Waals surface area (Å²) in [7, 11) is 0. The van der Waals surface area contributed by atoms with Crippen LogP contribution >= 0.6 is 0 Å². The fourth-order valence-corrected chi connectivity index (χ4v) is 4.37. The molecular weight excluding hydrogens is 376 g/mol.